The summed E-state index contributed by atoms with van der Waals surface area (Å²) in [5.74, 6) is 1.50. The Morgan fingerprint density at radius 2 is 1.87 bits per heavy atom. The van der Waals surface area contributed by atoms with Crippen molar-refractivity contribution in [2.45, 2.75) is 31.2 Å². The molecule has 2 N–H and O–H groups in total. The van der Waals surface area contributed by atoms with Gasteiger partial charge in [-0.05, 0) is 42.4 Å². The molecule has 15 heavy (non-hydrogen) atoms. The van der Waals surface area contributed by atoms with Crippen LogP contribution in [0.4, 0.5) is 0 Å². The molecule has 0 amide bonds. The van der Waals surface area contributed by atoms with E-state index in [-0.39, 0.29) is 5.54 Å². The van der Waals surface area contributed by atoms with Gasteiger partial charge in [0.15, 0.2) is 0 Å². The van der Waals surface area contributed by atoms with Crippen LogP contribution < -0.4 is 5.73 Å². The summed E-state index contributed by atoms with van der Waals surface area (Å²) < 4.78 is 1.15. The molecule has 2 aliphatic carbocycles. The van der Waals surface area contributed by atoms with E-state index in [0.717, 1.165) is 16.3 Å². The highest BCUT2D eigenvalue weighted by molar-refractivity contribution is 9.10. The van der Waals surface area contributed by atoms with Crippen molar-refractivity contribution < 1.29 is 0 Å². The minimum atomic E-state index is 0.000278. The van der Waals surface area contributed by atoms with Crippen LogP contribution in [0.3, 0.4) is 0 Å². The van der Waals surface area contributed by atoms with Gasteiger partial charge in [0.05, 0.1) is 0 Å². The van der Waals surface area contributed by atoms with E-state index in [4.69, 9.17) is 5.73 Å². The molecular weight excluding hydrogens is 250 g/mol. The first-order valence-electron chi connectivity index (χ1n) is 5.78. The molecule has 1 aromatic carbocycles. The summed E-state index contributed by atoms with van der Waals surface area (Å²) in [6, 6.07) is 8.54. The summed E-state index contributed by atoms with van der Waals surface area (Å²) in [6.07, 6.45) is 5.39. The summed E-state index contributed by atoms with van der Waals surface area (Å²) in [4.78, 5) is 0. The molecule has 1 aromatic rings. The normalized spacial score (nSPS) is 38.5. The van der Waals surface area contributed by atoms with Crippen LogP contribution in [0.2, 0.25) is 0 Å². The van der Waals surface area contributed by atoms with Gasteiger partial charge in [0.2, 0.25) is 0 Å². The molecule has 2 unspecified atom stereocenters. The van der Waals surface area contributed by atoms with Crippen molar-refractivity contribution in [3.05, 3.63) is 34.3 Å². The Morgan fingerprint density at radius 3 is 2.47 bits per heavy atom. The van der Waals surface area contributed by atoms with E-state index in [1.165, 1.54) is 31.2 Å². The first-order chi connectivity index (χ1) is 7.23. The molecule has 0 saturated heterocycles. The van der Waals surface area contributed by atoms with E-state index < -0.39 is 0 Å². The van der Waals surface area contributed by atoms with Crippen molar-refractivity contribution in [2.24, 2.45) is 17.6 Å². The van der Waals surface area contributed by atoms with Crippen molar-refractivity contribution in [1.29, 1.82) is 0 Å². The average molecular weight is 266 g/mol. The highest BCUT2D eigenvalue weighted by Gasteiger charge is 2.62. The third-order valence-electron chi connectivity index (χ3n) is 4.21. The maximum atomic E-state index is 6.57. The van der Waals surface area contributed by atoms with Gasteiger partial charge in [-0.3, -0.25) is 0 Å². The molecule has 2 fully saturated rings. The van der Waals surface area contributed by atoms with Crippen LogP contribution in [0, 0.1) is 11.8 Å². The summed E-state index contributed by atoms with van der Waals surface area (Å²) in [6.45, 7) is 0. The van der Waals surface area contributed by atoms with Gasteiger partial charge in [0.1, 0.15) is 0 Å². The fraction of sp³-hybridized carbons (Fsp3) is 0.538. The molecular formula is C13H16BrN. The molecule has 2 saturated carbocycles. The highest BCUT2D eigenvalue weighted by Crippen LogP contribution is 2.62. The van der Waals surface area contributed by atoms with Crippen LogP contribution in [0.25, 0.3) is 0 Å². The SMILES string of the molecule is NC1(c2cccc(Br)c2)C2CCCCC21. The van der Waals surface area contributed by atoms with Gasteiger partial charge in [0.25, 0.3) is 0 Å². The zero-order valence-corrected chi connectivity index (χ0v) is 10.3. The maximum Gasteiger partial charge on any atom is 0.0474 e. The van der Waals surface area contributed by atoms with Crippen LogP contribution >= 0.6 is 15.9 Å². The number of fused-ring (bicyclic) bond motifs is 1. The minimum absolute atomic E-state index is 0.000278. The molecule has 0 heterocycles. The monoisotopic (exact) mass is 265 g/mol. The number of rotatable bonds is 1. The molecule has 2 atom stereocenters. The molecule has 0 bridgehead atoms. The zero-order valence-electron chi connectivity index (χ0n) is 8.75. The Hall–Kier alpha value is -0.340. The summed E-state index contributed by atoms with van der Waals surface area (Å²) in [5.41, 5.74) is 7.89. The van der Waals surface area contributed by atoms with E-state index in [1.807, 2.05) is 0 Å². The number of halogens is 1. The van der Waals surface area contributed by atoms with Crippen LogP contribution in [0.15, 0.2) is 28.7 Å². The molecule has 0 radical (unpaired) electrons. The minimum Gasteiger partial charge on any atom is -0.321 e. The Bertz CT molecular complexity index is 376. The van der Waals surface area contributed by atoms with Crippen LogP contribution in [-0.2, 0) is 5.54 Å². The lowest BCUT2D eigenvalue weighted by Crippen LogP contribution is -2.23. The van der Waals surface area contributed by atoms with Crippen molar-refractivity contribution >= 4 is 15.9 Å². The Kier molecular flexibility index (Phi) is 2.18. The standard InChI is InChI=1S/C13H16BrN/c14-10-5-3-4-9(8-10)13(15)11-6-1-2-7-12(11)13/h3-5,8,11-12H,1-2,6-7,15H2. The maximum absolute atomic E-state index is 6.57. The highest BCUT2D eigenvalue weighted by atomic mass is 79.9. The quantitative estimate of drug-likeness (QED) is 0.828. The van der Waals surface area contributed by atoms with E-state index in [2.05, 4.69) is 40.2 Å². The second-order valence-corrected chi connectivity index (χ2v) is 5.86. The van der Waals surface area contributed by atoms with Crippen molar-refractivity contribution in [3.8, 4) is 0 Å². The molecule has 0 spiro atoms. The largest absolute Gasteiger partial charge is 0.321 e. The van der Waals surface area contributed by atoms with Gasteiger partial charge in [-0.1, -0.05) is 40.9 Å². The zero-order chi connectivity index (χ0) is 10.5. The van der Waals surface area contributed by atoms with E-state index in [9.17, 15) is 0 Å². The summed E-state index contributed by atoms with van der Waals surface area (Å²) >= 11 is 3.53. The van der Waals surface area contributed by atoms with Crippen molar-refractivity contribution in [3.63, 3.8) is 0 Å². The first-order valence-corrected chi connectivity index (χ1v) is 6.57. The molecule has 1 nitrogen and oxygen atoms in total. The van der Waals surface area contributed by atoms with Crippen LogP contribution in [-0.4, -0.2) is 0 Å². The smallest absolute Gasteiger partial charge is 0.0474 e. The second kappa shape index (κ2) is 3.33. The van der Waals surface area contributed by atoms with Crippen molar-refractivity contribution in [1.82, 2.24) is 0 Å². The van der Waals surface area contributed by atoms with E-state index in [1.54, 1.807) is 0 Å². The number of benzene rings is 1. The molecule has 2 heteroatoms. The van der Waals surface area contributed by atoms with Gasteiger partial charge in [-0.25, -0.2) is 0 Å². The molecule has 80 valence electrons. The van der Waals surface area contributed by atoms with Crippen molar-refractivity contribution in [2.75, 3.05) is 0 Å². The fourth-order valence-electron chi connectivity index (χ4n) is 3.36. The van der Waals surface area contributed by atoms with Gasteiger partial charge >= 0.3 is 0 Å². The molecule has 0 aliphatic heterocycles. The lowest BCUT2D eigenvalue weighted by molar-refractivity contribution is 0.480. The lowest BCUT2D eigenvalue weighted by Gasteiger charge is -2.12. The Labute approximate surface area is 99.2 Å². The van der Waals surface area contributed by atoms with Crippen LogP contribution in [0.1, 0.15) is 31.2 Å². The lowest BCUT2D eigenvalue weighted by atomic mass is 10.0. The molecule has 0 aromatic heterocycles. The molecule has 2 aliphatic rings. The summed E-state index contributed by atoms with van der Waals surface area (Å²) in [5, 5.41) is 0. The number of hydrogen-bond donors (Lipinski definition) is 1. The third-order valence-corrected chi connectivity index (χ3v) is 4.70. The van der Waals surface area contributed by atoms with E-state index >= 15 is 0 Å². The Balaban J connectivity index is 1.94. The predicted octanol–water partition coefficient (Wildman–Crippen LogP) is 3.42. The predicted molar refractivity (Wildman–Crippen MR) is 65.5 cm³/mol. The van der Waals surface area contributed by atoms with E-state index in [0.29, 0.717) is 0 Å². The second-order valence-electron chi connectivity index (χ2n) is 4.94. The number of nitrogens with two attached hydrogens (primary N) is 1. The van der Waals surface area contributed by atoms with Gasteiger partial charge in [-0.2, -0.15) is 0 Å². The topological polar surface area (TPSA) is 26.0 Å². The van der Waals surface area contributed by atoms with Gasteiger partial charge in [-0.15, -0.1) is 0 Å². The van der Waals surface area contributed by atoms with Crippen LogP contribution in [0.5, 0.6) is 0 Å². The Morgan fingerprint density at radius 1 is 1.20 bits per heavy atom. The third kappa shape index (κ3) is 1.38. The average Bonchev–Trinajstić information content (AvgIpc) is 2.87. The fourth-order valence-corrected chi connectivity index (χ4v) is 3.76. The van der Waals surface area contributed by atoms with Gasteiger partial charge < -0.3 is 5.73 Å². The number of hydrogen-bond acceptors (Lipinski definition) is 1. The summed E-state index contributed by atoms with van der Waals surface area (Å²) in [7, 11) is 0. The van der Waals surface area contributed by atoms with Gasteiger partial charge in [0, 0.05) is 10.0 Å². The molecule has 3 rings (SSSR count). The first kappa shape index (κ1) is 9.86.